The van der Waals surface area contributed by atoms with E-state index in [4.69, 9.17) is 21.1 Å². The van der Waals surface area contributed by atoms with E-state index in [2.05, 4.69) is 5.32 Å². The van der Waals surface area contributed by atoms with E-state index in [-0.39, 0.29) is 31.5 Å². The summed E-state index contributed by atoms with van der Waals surface area (Å²) >= 11 is 6.19. The highest BCUT2D eigenvalue weighted by atomic mass is 35.5. The molecule has 7 heteroatoms. The number of amides is 2. The Balaban J connectivity index is 1.71. The van der Waals surface area contributed by atoms with Gasteiger partial charge < -0.3 is 19.7 Å². The Labute approximate surface area is 199 Å². The van der Waals surface area contributed by atoms with Gasteiger partial charge in [0.25, 0.3) is 5.91 Å². The fraction of sp³-hybridized carbons (Fsp3) is 0.231. The van der Waals surface area contributed by atoms with Crippen molar-refractivity contribution in [2.75, 3.05) is 13.7 Å². The predicted octanol–water partition coefficient (Wildman–Crippen LogP) is 4.46. The lowest BCUT2D eigenvalue weighted by Gasteiger charge is -2.29. The first kappa shape index (κ1) is 24.1. The predicted molar refractivity (Wildman–Crippen MR) is 128 cm³/mol. The highest BCUT2D eigenvalue weighted by Crippen LogP contribution is 2.17. The van der Waals surface area contributed by atoms with Gasteiger partial charge in [-0.05, 0) is 48.4 Å². The summed E-state index contributed by atoms with van der Waals surface area (Å²) in [6.45, 7) is 2.05. The molecule has 0 saturated heterocycles. The van der Waals surface area contributed by atoms with Gasteiger partial charge in [0.05, 0.1) is 7.11 Å². The van der Waals surface area contributed by atoms with Crippen LogP contribution in [-0.4, -0.2) is 36.5 Å². The van der Waals surface area contributed by atoms with Crippen LogP contribution in [0.5, 0.6) is 11.5 Å². The number of rotatable bonds is 10. The largest absolute Gasteiger partial charge is 0.497 e. The zero-order chi connectivity index (χ0) is 23.6. The minimum absolute atomic E-state index is 0.178. The van der Waals surface area contributed by atoms with Crippen molar-refractivity contribution in [1.29, 1.82) is 0 Å². The molecule has 33 heavy (non-hydrogen) atoms. The molecule has 1 unspecified atom stereocenters. The minimum Gasteiger partial charge on any atom is -0.497 e. The lowest BCUT2D eigenvalue weighted by Crippen LogP contribution is -2.48. The molecule has 0 radical (unpaired) electrons. The summed E-state index contributed by atoms with van der Waals surface area (Å²) in [5.74, 6) is 0.729. The molecule has 0 aliphatic heterocycles. The number of benzene rings is 3. The molecule has 1 N–H and O–H groups in total. The summed E-state index contributed by atoms with van der Waals surface area (Å²) in [5.41, 5.74) is 1.68. The Bertz CT molecular complexity index is 1060. The van der Waals surface area contributed by atoms with Crippen molar-refractivity contribution < 1.29 is 19.1 Å². The fourth-order valence-electron chi connectivity index (χ4n) is 3.23. The molecule has 6 nitrogen and oxygen atoms in total. The number of halogens is 1. The van der Waals surface area contributed by atoms with Gasteiger partial charge in [-0.25, -0.2) is 0 Å². The lowest BCUT2D eigenvalue weighted by molar-refractivity contribution is -0.142. The molecule has 1 atom stereocenters. The molecule has 0 saturated carbocycles. The second-order valence-electron chi connectivity index (χ2n) is 7.46. The van der Waals surface area contributed by atoms with Crippen LogP contribution in [0.2, 0.25) is 5.02 Å². The van der Waals surface area contributed by atoms with E-state index in [1.165, 1.54) is 4.90 Å². The van der Waals surface area contributed by atoms with Crippen molar-refractivity contribution in [3.63, 3.8) is 0 Å². The molecule has 172 valence electrons. The summed E-state index contributed by atoms with van der Waals surface area (Å²) in [6.07, 6.45) is 0. The van der Waals surface area contributed by atoms with Crippen LogP contribution in [-0.2, 0) is 22.7 Å². The molecule has 2 amide bonds. The average Bonchev–Trinajstić information content (AvgIpc) is 2.85. The zero-order valence-electron chi connectivity index (χ0n) is 18.7. The third-order valence-corrected chi connectivity index (χ3v) is 5.56. The topological polar surface area (TPSA) is 67.9 Å². The number of hydrogen-bond acceptors (Lipinski definition) is 4. The van der Waals surface area contributed by atoms with Gasteiger partial charge in [-0.2, -0.15) is 0 Å². The molecule has 3 rings (SSSR count). The maximum Gasteiger partial charge on any atom is 0.261 e. The monoisotopic (exact) mass is 466 g/mol. The van der Waals surface area contributed by atoms with Crippen molar-refractivity contribution in [3.05, 3.63) is 95.0 Å². The van der Waals surface area contributed by atoms with Crippen LogP contribution in [0.1, 0.15) is 18.1 Å². The smallest absolute Gasteiger partial charge is 0.261 e. The van der Waals surface area contributed by atoms with Crippen molar-refractivity contribution in [2.45, 2.75) is 26.1 Å². The highest BCUT2D eigenvalue weighted by molar-refractivity contribution is 6.31. The minimum atomic E-state index is -0.721. The first-order valence-electron chi connectivity index (χ1n) is 10.6. The Kier molecular flexibility index (Phi) is 8.72. The molecule has 0 fully saturated rings. The van der Waals surface area contributed by atoms with E-state index in [0.29, 0.717) is 10.8 Å². The molecular weight excluding hydrogens is 440 g/mol. The van der Waals surface area contributed by atoms with Gasteiger partial charge in [-0.1, -0.05) is 60.1 Å². The van der Waals surface area contributed by atoms with Crippen LogP contribution in [0, 0.1) is 0 Å². The molecule has 0 spiro atoms. The summed E-state index contributed by atoms with van der Waals surface area (Å²) in [7, 11) is 1.59. The second kappa shape index (κ2) is 11.9. The number of nitrogens with zero attached hydrogens (tertiary/aromatic N) is 1. The van der Waals surface area contributed by atoms with Crippen LogP contribution in [0.4, 0.5) is 0 Å². The number of carbonyl (C=O) groups excluding carboxylic acids is 2. The van der Waals surface area contributed by atoms with Crippen molar-refractivity contribution >= 4 is 23.4 Å². The Morgan fingerprint density at radius 2 is 1.61 bits per heavy atom. The number of ether oxygens (including phenoxy) is 2. The number of nitrogens with one attached hydrogen (secondary N) is 1. The SMILES string of the molecule is COc1ccc(CN(C(=O)COc2ccccc2)C(C)C(=O)NCc2ccccc2Cl)cc1. The van der Waals surface area contributed by atoms with Gasteiger partial charge in [-0.3, -0.25) is 9.59 Å². The van der Waals surface area contributed by atoms with Gasteiger partial charge >= 0.3 is 0 Å². The van der Waals surface area contributed by atoms with Crippen LogP contribution >= 0.6 is 11.6 Å². The lowest BCUT2D eigenvalue weighted by atomic mass is 10.1. The number of methoxy groups -OCH3 is 1. The Morgan fingerprint density at radius 1 is 0.939 bits per heavy atom. The molecule has 0 aliphatic carbocycles. The second-order valence-corrected chi connectivity index (χ2v) is 7.86. The van der Waals surface area contributed by atoms with Gasteiger partial charge in [0.1, 0.15) is 17.5 Å². The Hall–Kier alpha value is -3.51. The van der Waals surface area contributed by atoms with Crippen LogP contribution in [0.15, 0.2) is 78.9 Å². The van der Waals surface area contributed by atoms with Crippen LogP contribution in [0.3, 0.4) is 0 Å². The highest BCUT2D eigenvalue weighted by Gasteiger charge is 2.26. The van der Waals surface area contributed by atoms with Crippen molar-refractivity contribution in [1.82, 2.24) is 10.2 Å². The first-order valence-corrected chi connectivity index (χ1v) is 11.0. The maximum absolute atomic E-state index is 13.1. The summed E-state index contributed by atoms with van der Waals surface area (Å²) in [5, 5.41) is 3.45. The van der Waals surface area contributed by atoms with E-state index >= 15 is 0 Å². The number of hydrogen-bond donors (Lipinski definition) is 1. The number of carbonyl (C=O) groups is 2. The molecule has 0 aliphatic rings. The third-order valence-electron chi connectivity index (χ3n) is 5.20. The molecule has 0 aromatic heterocycles. The fourth-order valence-corrected chi connectivity index (χ4v) is 3.43. The quantitative estimate of drug-likeness (QED) is 0.479. The van der Waals surface area contributed by atoms with Gasteiger partial charge in [0.15, 0.2) is 6.61 Å². The molecule has 0 bridgehead atoms. The average molecular weight is 467 g/mol. The summed E-state index contributed by atoms with van der Waals surface area (Å²) in [6, 6.07) is 23.1. The number of para-hydroxylation sites is 1. The van der Waals surface area contributed by atoms with E-state index in [0.717, 1.165) is 16.9 Å². The van der Waals surface area contributed by atoms with Crippen molar-refractivity contribution in [2.24, 2.45) is 0 Å². The third kappa shape index (κ3) is 6.99. The van der Waals surface area contributed by atoms with E-state index < -0.39 is 6.04 Å². The van der Waals surface area contributed by atoms with Gasteiger partial charge in [0.2, 0.25) is 5.91 Å². The van der Waals surface area contributed by atoms with Crippen LogP contribution in [0.25, 0.3) is 0 Å². The zero-order valence-corrected chi connectivity index (χ0v) is 19.4. The normalized spacial score (nSPS) is 11.4. The van der Waals surface area contributed by atoms with Gasteiger partial charge in [-0.15, -0.1) is 0 Å². The molecule has 3 aromatic carbocycles. The van der Waals surface area contributed by atoms with E-state index in [9.17, 15) is 9.59 Å². The van der Waals surface area contributed by atoms with Crippen molar-refractivity contribution in [3.8, 4) is 11.5 Å². The van der Waals surface area contributed by atoms with E-state index in [1.807, 2.05) is 60.7 Å². The summed E-state index contributed by atoms with van der Waals surface area (Å²) in [4.78, 5) is 27.5. The van der Waals surface area contributed by atoms with Gasteiger partial charge in [0, 0.05) is 18.1 Å². The standard InChI is InChI=1S/C26H27ClN2O4/c1-19(26(31)28-16-21-8-6-7-11-24(21)27)29(17-20-12-14-22(32-2)15-13-20)25(30)18-33-23-9-4-3-5-10-23/h3-15,19H,16-18H2,1-2H3,(H,28,31). The Morgan fingerprint density at radius 3 is 2.27 bits per heavy atom. The maximum atomic E-state index is 13.1. The molecule has 0 heterocycles. The molecule has 3 aromatic rings. The first-order chi connectivity index (χ1) is 16.0. The van der Waals surface area contributed by atoms with E-state index in [1.54, 1.807) is 32.2 Å². The molecular formula is C26H27ClN2O4. The van der Waals surface area contributed by atoms with Crippen LogP contribution < -0.4 is 14.8 Å². The summed E-state index contributed by atoms with van der Waals surface area (Å²) < 4.78 is 10.8.